The Morgan fingerprint density at radius 1 is 1.10 bits per heavy atom. The van der Waals surface area contributed by atoms with Gasteiger partial charge in [0.1, 0.15) is 47.5 Å². The van der Waals surface area contributed by atoms with Crippen molar-refractivity contribution in [1.29, 1.82) is 0 Å². The molecule has 1 aliphatic rings. The zero-order chi connectivity index (χ0) is 37.6. The van der Waals surface area contributed by atoms with Gasteiger partial charge >= 0.3 is 5.97 Å². The number of rotatable bonds is 13. The molecule has 2 amide bonds. The highest BCUT2D eigenvalue weighted by molar-refractivity contribution is 9.10. The lowest BCUT2D eigenvalue weighted by atomic mass is 9.97. The van der Waals surface area contributed by atoms with Gasteiger partial charge in [-0.25, -0.2) is 9.78 Å². The fraction of sp³-hybridized carbons (Fsp3) is 0.436. The first kappa shape index (κ1) is 39.5. The molecule has 0 saturated carbocycles. The summed E-state index contributed by atoms with van der Waals surface area (Å²) in [6.45, 7) is 13.2. The molecule has 0 bridgehead atoms. The first-order valence-corrected chi connectivity index (χ1v) is 22.7. The molecular formula is C39H48BrClN4O6Si. The van der Waals surface area contributed by atoms with E-state index in [-0.39, 0.29) is 35.7 Å². The molecule has 13 heteroatoms. The summed E-state index contributed by atoms with van der Waals surface area (Å²) in [6.07, 6.45) is 7.00. The van der Waals surface area contributed by atoms with E-state index in [9.17, 15) is 14.4 Å². The number of hydrogen-bond donors (Lipinski definition) is 1. The number of nitrogens with zero attached hydrogens (tertiary/aromatic N) is 3. The summed E-state index contributed by atoms with van der Waals surface area (Å²) in [5, 5.41) is 3.74. The molecule has 2 heterocycles. The minimum absolute atomic E-state index is 0.179. The predicted molar refractivity (Wildman–Crippen MR) is 211 cm³/mol. The second kappa shape index (κ2) is 17.0. The predicted octanol–water partition coefficient (Wildman–Crippen LogP) is 9.33. The van der Waals surface area contributed by atoms with Crippen LogP contribution in [-0.2, 0) is 32.2 Å². The maximum Gasteiger partial charge on any atom is 0.342 e. The smallest absolute Gasteiger partial charge is 0.342 e. The maximum absolute atomic E-state index is 13.6. The van der Waals surface area contributed by atoms with Crippen molar-refractivity contribution in [2.75, 3.05) is 24.3 Å². The fourth-order valence-electron chi connectivity index (χ4n) is 6.15. The number of anilines is 1. The largest absolute Gasteiger partial charge is 0.456 e. The van der Waals surface area contributed by atoms with E-state index < -0.39 is 25.6 Å². The number of aromatic nitrogens is 2. The second-order valence-electron chi connectivity index (χ2n) is 15.3. The van der Waals surface area contributed by atoms with E-state index in [1.54, 1.807) is 50.1 Å². The van der Waals surface area contributed by atoms with Gasteiger partial charge in [0.25, 0.3) is 0 Å². The van der Waals surface area contributed by atoms with Crippen LogP contribution in [0.2, 0.25) is 25.7 Å². The van der Waals surface area contributed by atoms with E-state index >= 15 is 0 Å². The van der Waals surface area contributed by atoms with Crippen LogP contribution in [0.1, 0.15) is 67.6 Å². The van der Waals surface area contributed by atoms with Crippen LogP contribution in [-0.4, -0.2) is 64.9 Å². The van der Waals surface area contributed by atoms with E-state index in [0.717, 1.165) is 58.4 Å². The number of amides is 2. The molecular weight excluding hydrogens is 764 g/mol. The van der Waals surface area contributed by atoms with E-state index in [2.05, 4.69) is 45.9 Å². The van der Waals surface area contributed by atoms with Crippen LogP contribution in [0.15, 0.2) is 65.4 Å². The maximum atomic E-state index is 13.6. The number of esters is 1. The molecule has 278 valence electrons. The van der Waals surface area contributed by atoms with Crippen LogP contribution in [0, 0.1) is 0 Å². The van der Waals surface area contributed by atoms with E-state index in [4.69, 9.17) is 25.8 Å². The van der Waals surface area contributed by atoms with Gasteiger partial charge in [0.2, 0.25) is 11.8 Å². The molecule has 2 aromatic carbocycles. The minimum Gasteiger partial charge on any atom is -0.456 e. The van der Waals surface area contributed by atoms with Crippen LogP contribution in [0.5, 0.6) is 11.5 Å². The number of hydrogen-bond acceptors (Lipinski definition) is 7. The van der Waals surface area contributed by atoms with Crippen LogP contribution in [0.25, 0.3) is 11.0 Å². The quantitative estimate of drug-likeness (QED) is 0.0471. The average Bonchev–Trinajstić information content (AvgIpc) is 3.33. The van der Waals surface area contributed by atoms with Gasteiger partial charge in [-0.1, -0.05) is 54.1 Å². The zero-order valence-corrected chi connectivity index (χ0v) is 34.1. The highest BCUT2D eigenvalue weighted by Crippen LogP contribution is 2.37. The van der Waals surface area contributed by atoms with Crippen molar-refractivity contribution in [1.82, 2.24) is 14.5 Å². The summed E-state index contributed by atoms with van der Waals surface area (Å²) in [5.41, 5.74) is 2.73. The molecule has 5 rings (SSSR count). The Balaban J connectivity index is 1.37. The van der Waals surface area contributed by atoms with Crippen molar-refractivity contribution in [2.45, 2.75) is 90.5 Å². The average molecular weight is 812 g/mol. The van der Waals surface area contributed by atoms with Crippen LogP contribution in [0.3, 0.4) is 0 Å². The summed E-state index contributed by atoms with van der Waals surface area (Å²) in [4.78, 5) is 46.3. The Morgan fingerprint density at radius 2 is 1.88 bits per heavy atom. The van der Waals surface area contributed by atoms with Gasteiger partial charge in [-0.15, -0.1) is 11.6 Å². The molecule has 0 spiro atoms. The van der Waals surface area contributed by atoms with Gasteiger partial charge in [-0.05, 0) is 87.5 Å². The highest BCUT2D eigenvalue weighted by atomic mass is 79.9. The number of pyridine rings is 1. The topological polar surface area (TPSA) is 112 Å². The lowest BCUT2D eigenvalue weighted by Crippen LogP contribution is -2.41. The third kappa shape index (κ3) is 10.5. The first-order chi connectivity index (χ1) is 24.6. The summed E-state index contributed by atoms with van der Waals surface area (Å²) >= 11 is 9.75. The fourth-order valence-corrected chi connectivity index (χ4v) is 7.64. The normalized spacial score (nSPS) is 14.7. The van der Waals surface area contributed by atoms with Crippen molar-refractivity contribution < 1.29 is 28.6 Å². The number of alkyl halides is 1. The molecule has 1 unspecified atom stereocenters. The number of carbonyl (C=O) groups excluding carboxylic acids is 3. The van der Waals surface area contributed by atoms with Crippen LogP contribution >= 0.6 is 27.5 Å². The van der Waals surface area contributed by atoms with E-state index in [0.29, 0.717) is 24.8 Å². The highest BCUT2D eigenvalue weighted by Gasteiger charge is 2.30. The third-order valence-corrected chi connectivity index (χ3v) is 11.4. The Labute approximate surface area is 320 Å². The SMILES string of the molecule is CC(C)(C)OC(=O)c1ccc(NC(=O)CN(C(=O)CCl)C2CCCCc3c(Br)cccc32)cc1Oc1cnc2c(ccn2COCC[Si](C)(C)C)c1. The Bertz CT molecular complexity index is 1920. The Morgan fingerprint density at radius 3 is 2.62 bits per heavy atom. The van der Waals surface area contributed by atoms with Gasteiger partial charge in [0.15, 0.2) is 0 Å². The second-order valence-corrected chi connectivity index (χ2v) is 22.0. The third-order valence-electron chi connectivity index (χ3n) is 8.71. The number of nitrogens with one attached hydrogen (secondary N) is 1. The van der Waals surface area contributed by atoms with Gasteiger partial charge in [0, 0.05) is 42.5 Å². The van der Waals surface area contributed by atoms with Gasteiger partial charge in [-0.3, -0.25) is 9.59 Å². The summed E-state index contributed by atoms with van der Waals surface area (Å²) < 4.78 is 20.8. The number of fused-ring (bicyclic) bond motifs is 2. The van der Waals surface area contributed by atoms with Crippen LogP contribution < -0.4 is 10.1 Å². The molecule has 1 aliphatic carbocycles. The molecule has 0 radical (unpaired) electrons. The van der Waals surface area contributed by atoms with E-state index in [1.165, 1.54) is 0 Å². The van der Waals surface area contributed by atoms with E-state index in [1.807, 2.05) is 41.1 Å². The molecule has 4 aromatic rings. The molecule has 0 saturated heterocycles. The molecule has 2 aromatic heterocycles. The number of carbonyl (C=O) groups is 3. The summed E-state index contributed by atoms with van der Waals surface area (Å²) in [5.74, 6) is -0.981. The summed E-state index contributed by atoms with van der Waals surface area (Å²) in [7, 11) is -1.20. The number of ether oxygens (including phenoxy) is 3. The van der Waals surface area contributed by atoms with Gasteiger partial charge < -0.3 is 29.0 Å². The Hall–Kier alpha value is -3.71. The molecule has 52 heavy (non-hydrogen) atoms. The molecule has 1 atom stereocenters. The minimum atomic E-state index is -1.20. The van der Waals surface area contributed by atoms with Crippen molar-refractivity contribution in [3.8, 4) is 11.5 Å². The van der Waals surface area contributed by atoms with Gasteiger partial charge in [0.05, 0.1) is 12.2 Å². The summed E-state index contributed by atoms with van der Waals surface area (Å²) in [6, 6.07) is 15.3. The van der Waals surface area contributed by atoms with Crippen molar-refractivity contribution in [3.05, 3.63) is 82.1 Å². The lowest BCUT2D eigenvalue weighted by Gasteiger charge is -2.32. The number of benzene rings is 2. The zero-order valence-electron chi connectivity index (χ0n) is 30.8. The monoisotopic (exact) mass is 810 g/mol. The molecule has 1 N–H and O–H groups in total. The standard InChI is InChI=1S/C39H48BrClN4O6Si/c1-39(2,3)51-38(48)31-15-14-27(21-34(31)50-28-20-26-16-17-44(37(26)42-23-28)25-49-18-19-52(4,5)6)43-35(46)24-45(36(47)22-41)33-13-8-7-10-29-30(33)11-9-12-32(29)40/h9,11-12,14-17,20-21,23,33H,7-8,10,13,18-19,22,24-25H2,1-6H3,(H,43,46). The Kier molecular flexibility index (Phi) is 12.9. The van der Waals surface area contributed by atoms with Gasteiger partial charge in [-0.2, -0.15) is 0 Å². The molecule has 0 aliphatic heterocycles. The van der Waals surface area contributed by atoms with Crippen LogP contribution in [0.4, 0.5) is 5.69 Å². The van der Waals surface area contributed by atoms with Crippen molar-refractivity contribution >= 4 is 70.1 Å². The van der Waals surface area contributed by atoms with Crippen molar-refractivity contribution in [3.63, 3.8) is 0 Å². The molecule has 10 nitrogen and oxygen atoms in total. The lowest BCUT2D eigenvalue weighted by molar-refractivity contribution is -0.135. The number of halogens is 2. The first-order valence-electron chi connectivity index (χ1n) is 17.6. The van der Waals surface area contributed by atoms with Crippen molar-refractivity contribution in [2.24, 2.45) is 0 Å². The molecule has 0 fully saturated rings.